The smallest absolute Gasteiger partial charge is 0.257 e. The number of nitrogens with one attached hydrogen (secondary N) is 3. The number of rotatable bonds is 7. The van der Waals surface area contributed by atoms with Crippen LogP contribution >= 0.6 is 0 Å². The number of ketones is 1. The summed E-state index contributed by atoms with van der Waals surface area (Å²) in [5.74, 6) is -2.72. The van der Waals surface area contributed by atoms with E-state index in [9.17, 15) is 26.8 Å². The van der Waals surface area contributed by atoms with Gasteiger partial charge < -0.3 is 10.3 Å². The third-order valence-corrected chi connectivity index (χ3v) is 8.55. The fraction of sp³-hybridized carbons (Fsp3) is 0.192. The zero-order valence-electron chi connectivity index (χ0n) is 20.4. The molecule has 3 heterocycles. The number of Topliss-reactive ketones (excluding diaryl/α,β-unsaturated/α-hetero) is 1. The van der Waals surface area contributed by atoms with E-state index in [1.807, 2.05) is 0 Å². The summed E-state index contributed by atoms with van der Waals surface area (Å²) in [7, 11) is -4.30. The third kappa shape index (κ3) is 4.41. The molecule has 1 amide bonds. The molecule has 12 heteroatoms. The summed E-state index contributed by atoms with van der Waals surface area (Å²) in [4.78, 5) is 28.1. The van der Waals surface area contributed by atoms with Crippen molar-refractivity contribution in [3.8, 4) is 0 Å². The quantitative estimate of drug-likeness (QED) is 0.304. The molecule has 0 radical (unpaired) electrons. The minimum Gasteiger partial charge on any atom is -0.367 e. The first-order chi connectivity index (χ1) is 18.0. The minimum atomic E-state index is -4.30. The lowest BCUT2D eigenvalue weighted by Crippen LogP contribution is -2.40. The fourth-order valence-corrected chi connectivity index (χ4v) is 6.39. The largest absolute Gasteiger partial charge is 0.367 e. The molecule has 0 bridgehead atoms. The molecule has 38 heavy (non-hydrogen) atoms. The van der Waals surface area contributed by atoms with Gasteiger partial charge in [-0.15, -0.1) is 0 Å². The maximum atomic E-state index is 13.8. The number of aromatic amines is 2. The summed E-state index contributed by atoms with van der Waals surface area (Å²) in [6.07, 6.45) is 3.01. The van der Waals surface area contributed by atoms with Crippen molar-refractivity contribution in [2.45, 2.75) is 37.2 Å². The SMILES string of the molecule is CC1(C)c2n[nH]c(CC(=O)c3ccccc3NC(=O)c3cc[nH]c3)c2CN1S(=O)(=O)c1cc(F)cc(F)c1. The Kier molecular flexibility index (Phi) is 6.24. The lowest BCUT2D eigenvalue weighted by atomic mass is 9.99. The van der Waals surface area contributed by atoms with Gasteiger partial charge in [-0.1, -0.05) is 12.1 Å². The number of hydrogen-bond donors (Lipinski definition) is 3. The van der Waals surface area contributed by atoms with Gasteiger partial charge in [0.25, 0.3) is 5.91 Å². The highest BCUT2D eigenvalue weighted by molar-refractivity contribution is 7.89. The number of sulfonamides is 1. The van der Waals surface area contributed by atoms with Crippen molar-refractivity contribution < 1.29 is 26.8 Å². The van der Waals surface area contributed by atoms with Gasteiger partial charge in [0.2, 0.25) is 10.0 Å². The number of para-hydroxylation sites is 1. The van der Waals surface area contributed by atoms with E-state index in [2.05, 4.69) is 20.5 Å². The first-order valence-corrected chi connectivity index (χ1v) is 13.0. The Balaban J connectivity index is 1.41. The number of hydrogen-bond acceptors (Lipinski definition) is 5. The molecule has 1 aliphatic heterocycles. The van der Waals surface area contributed by atoms with Crippen LogP contribution in [0.3, 0.4) is 0 Å². The molecule has 0 unspecified atom stereocenters. The van der Waals surface area contributed by atoms with Crippen LogP contribution in [0.15, 0.2) is 65.8 Å². The van der Waals surface area contributed by atoms with Gasteiger partial charge in [0, 0.05) is 41.8 Å². The van der Waals surface area contributed by atoms with E-state index in [1.54, 1.807) is 50.4 Å². The van der Waals surface area contributed by atoms with Crippen LogP contribution in [-0.2, 0) is 28.5 Å². The number of benzene rings is 2. The number of amides is 1. The van der Waals surface area contributed by atoms with E-state index in [0.717, 1.165) is 16.4 Å². The number of halogens is 2. The van der Waals surface area contributed by atoms with E-state index in [1.165, 1.54) is 6.20 Å². The van der Waals surface area contributed by atoms with Crippen molar-refractivity contribution in [3.63, 3.8) is 0 Å². The van der Waals surface area contributed by atoms with Crippen LogP contribution in [0.2, 0.25) is 0 Å². The lowest BCUT2D eigenvalue weighted by Gasteiger charge is -2.30. The molecule has 3 N–H and O–H groups in total. The summed E-state index contributed by atoms with van der Waals surface area (Å²) in [6.45, 7) is 3.11. The zero-order chi connectivity index (χ0) is 27.2. The highest BCUT2D eigenvalue weighted by atomic mass is 32.2. The molecule has 2 aromatic heterocycles. The summed E-state index contributed by atoms with van der Waals surface area (Å²) in [5, 5.41) is 9.87. The maximum Gasteiger partial charge on any atom is 0.257 e. The summed E-state index contributed by atoms with van der Waals surface area (Å²) >= 11 is 0. The van der Waals surface area contributed by atoms with Crippen molar-refractivity contribution in [2.24, 2.45) is 0 Å². The molecule has 4 aromatic rings. The monoisotopic (exact) mass is 539 g/mol. The average Bonchev–Trinajstić information content (AvgIpc) is 3.58. The maximum absolute atomic E-state index is 13.8. The Hall–Kier alpha value is -4.16. The Bertz CT molecular complexity index is 1640. The van der Waals surface area contributed by atoms with Crippen LogP contribution in [0.1, 0.15) is 51.5 Å². The molecule has 0 spiro atoms. The lowest BCUT2D eigenvalue weighted by molar-refractivity contribution is 0.0992. The van der Waals surface area contributed by atoms with E-state index in [-0.39, 0.29) is 30.2 Å². The molecule has 5 rings (SSSR count). The molecule has 9 nitrogen and oxygen atoms in total. The number of carbonyl (C=O) groups excluding carboxylic acids is 2. The normalized spacial score (nSPS) is 14.8. The molecular weight excluding hydrogens is 516 g/mol. The van der Waals surface area contributed by atoms with Crippen molar-refractivity contribution in [2.75, 3.05) is 5.32 Å². The Morgan fingerprint density at radius 2 is 1.82 bits per heavy atom. The van der Waals surface area contributed by atoms with Gasteiger partial charge in [0.15, 0.2) is 5.78 Å². The number of fused-ring (bicyclic) bond motifs is 1. The average molecular weight is 540 g/mol. The first kappa shape index (κ1) is 25.5. The first-order valence-electron chi connectivity index (χ1n) is 11.6. The van der Waals surface area contributed by atoms with Crippen LogP contribution in [-0.4, -0.2) is 39.6 Å². The third-order valence-electron chi connectivity index (χ3n) is 6.55. The van der Waals surface area contributed by atoms with E-state index in [0.29, 0.717) is 34.3 Å². The van der Waals surface area contributed by atoms with Gasteiger partial charge in [0.05, 0.1) is 33.8 Å². The van der Waals surface area contributed by atoms with Crippen molar-refractivity contribution in [3.05, 3.63) is 101 Å². The molecule has 0 fully saturated rings. The Morgan fingerprint density at radius 1 is 1.11 bits per heavy atom. The van der Waals surface area contributed by atoms with Crippen LogP contribution in [0.5, 0.6) is 0 Å². The van der Waals surface area contributed by atoms with Crippen LogP contribution in [0, 0.1) is 11.6 Å². The second-order valence-electron chi connectivity index (χ2n) is 9.40. The molecule has 0 atom stereocenters. The molecular formula is C26H23F2N5O4S. The number of anilines is 1. The van der Waals surface area contributed by atoms with Crippen LogP contribution < -0.4 is 5.32 Å². The topological polar surface area (TPSA) is 128 Å². The Morgan fingerprint density at radius 3 is 2.50 bits per heavy atom. The van der Waals surface area contributed by atoms with Gasteiger partial charge in [-0.3, -0.25) is 14.7 Å². The molecule has 2 aromatic carbocycles. The van der Waals surface area contributed by atoms with E-state index in [4.69, 9.17) is 0 Å². The van der Waals surface area contributed by atoms with Gasteiger partial charge >= 0.3 is 0 Å². The predicted octanol–water partition coefficient (Wildman–Crippen LogP) is 4.13. The number of carbonyl (C=O) groups is 2. The van der Waals surface area contributed by atoms with Gasteiger partial charge in [0.1, 0.15) is 11.6 Å². The summed E-state index contributed by atoms with van der Waals surface area (Å²) in [5.41, 5.74) is 1.19. The highest BCUT2D eigenvalue weighted by Gasteiger charge is 2.48. The number of aromatic nitrogens is 3. The fourth-order valence-electron chi connectivity index (χ4n) is 4.62. The second kappa shape index (κ2) is 9.30. The Labute approximate surface area is 216 Å². The molecule has 0 saturated heterocycles. The predicted molar refractivity (Wildman–Crippen MR) is 134 cm³/mol. The zero-order valence-corrected chi connectivity index (χ0v) is 21.2. The van der Waals surface area contributed by atoms with Crippen LogP contribution in [0.4, 0.5) is 14.5 Å². The molecule has 0 saturated carbocycles. The summed E-state index contributed by atoms with van der Waals surface area (Å²) < 4.78 is 55.4. The van der Waals surface area contributed by atoms with Crippen LogP contribution in [0.25, 0.3) is 0 Å². The molecule has 0 aliphatic carbocycles. The molecule has 1 aliphatic rings. The van der Waals surface area contributed by atoms with Gasteiger partial charge in [-0.25, -0.2) is 17.2 Å². The number of nitrogens with zero attached hydrogens (tertiary/aromatic N) is 2. The van der Waals surface area contributed by atoms with E-state index >= 15 is 0 Å². The van der Waals surface area contributed by atoms with Crippen molar-refractivity contribution >= 4 is 27.4 Å². The van der Waals surface area contributed by atoms with Gasteiger partial charge in [-0.05, 0) is 44.2 Å². The van der Waals surface area contributed by atoms with Gasteiger partial charge in [-0.2, -0.15) is 9.40 Å². The standard InChI is InChI=1S/C26H23F2N5O4S/c1-26(2)24-20(14-33(26)38(36,37)18-10-16(27)9-17(28)11-18)22(31-32-24)12-23(34)19-5-3-4-6-21(19)30-25(35)15-7-8-29-13-15/h3-11,13,29H,12,14H2,1-2H3,(H,30,35)(H,31,32). The highest BCUT2D eigenvalue weighted by Crippen LogP contribution is 2.42. The second-order valence-corrected chi connectivity index (χ2v) is 11.3. The van der Waals surface area contributed by atoms with Crippen molar-refractivity contribution in [1.29, 1.82) is 0 Å². The number of H-pyrrole nitrogens is 2. The summed E-state index contributed by atoms with van der Waals surface area (Å²) in [6, 6.07) is 10.3. The minimum absolute atomic E-state index is 0.141. The van der Waals surface area contributed by atoms with Crippen molar-refractivity contribution in [1.82, 2.24) is 19.5 Å². The van der Waals surface area contributed by atoms with E-state index < -0.39 is 32.1 Å². The molecule has 196 valence electrons.